The summed E-state index contributed by atoms with van der Waals surface area (Å²) in [5.41, 5.74) is 1.85. The van der Waals surface area contributed by atoms with Gasteiger partial charge >= 0.3 is 6.03 Å². The number of urea groups is 1. The third-order valence-corrected chi connectivity index (χ3v) is 5.87. The van der Waals surface area contributed by atoms with Gasteiger partial charge in [0.2, 0.25) is 5.75 Å². The van der Waals surface area contributed by atoms with E-state index < -0.39 is 0 Å². The van der Waals surface area contributed by atoms with Gasteiger partial charge < -0.3 is 24.8 Å². The molecule has 0 saturated heterocycles. The maximum atomic E-state index is 12.6. The van der Waals surface area contributed by atoms with Crippen molar-refractivity contribution in [2.75, 3.05) is 26.6 Å². The number of nitrogens with one attached hydrogen (secondary N) is 2. The van der Waals surface area contributed by atoms with Crippen LogP contribution in [-0.2, 0) is 6.42 Å². The lowest BCUT2D eigenvalue weighted by Gasteiger charge is -2.22. The number of anilines is 1. The van der Waals surface area contributed by atoms with Crippen LogP contribution in [0.25, 0.3) is 0 Å². The van der Waals surface area contributed by atoms with Crippen LogP contribution in [0.3, 0.4) is 0 Å². The molecule has 1 saturated carbocycles. The van der Waals surface area contributed by atoms with Crippen molar-refractivity contribution in [3.05, 3.63) is 47.0 Å². The summed E-state index contributed by atoms with van der Waals surface area (Å²) >= 11 is 5.96. The molecule has 2 unspecified atom stereocenters. The zero-order valence-electron chi connectivity index (χ0n) is 17.7. The molecule has 2 aromatic rings. The summed E-state index contributed by atoms with van der Waals surface area (Å²) in [6, 6.07) is 11.3. The van der Waals surface area contributed by atoms with Crippen molar-refractivity contribution < 1.29 is 19.0 Å². The van der Waals surface area contributed by atoms with Gasteiger partial charge in [-0.25, -0.2) is 4.79 Å². The number of methoxy groups -OCH3 is 3. The quantitative estimate of drug-likeness (QED) is 0.594. The highest BCUT2D eigenvalue weighted by Crippen LogP contribution is 2.40. The molecule has 0 aliphatic heterocycles. The normalized spacial score (nSPS) is 18.0. The molecule has 7 heteroatoms. The maximum Gasteiger partial charge on any atom is 0.319 e. The van der Waals surface area contributed by atoms with Crippen molar-refractivity contribution in [2.45, 2.75) is 38.1 Å². The van der Waals surface area contributed by atoms with Crippen LogP contribution in [-0.4, -0.2) is 33.4 Å². The summed E-state index contributed by atoms with van der Waals surface area (Å²) in [5.74, 6) is 1.94. The second kappa shape index (κ2) is 10.4. The SMILES string of the molecule is COc1cc(NC(=O)NC2CCCC2CCc2ccc(Cl)cc2)cc(OC)c1OC. The Morgan fingerprint density at radius 3 is 2.30 bits per heavy atom. The Hall–Kier alpha value is -2.60. The number of rotatable bonds is 8. The van der Waals surface area contributed by atoms with E-state index in [1.807, 2.05) is 12.1 Å². The average Bonchev–Trinajstić information content (AvgIpc) is 3.19. The Bertz CT molecular complexity index is 832. The smallest absolute Gasteiger partial charge is 0.319 e. The fourth-order valence-electron chi connectivity index (χ4n) is 4.06. The summed E-state index contributed by atoms with van der Waals surface area (Å²) in [4.78, 5) is 12.6. The molecule has 1 aliphatic rings. The molecule has 162 valence electrons. The van der Waals surface area contributed by atoms with E-state index in [0.717, 1.165) is 37.1 Å². The Labute approximate surface area is 182 Å². The summed E-state index contributed by atoms with van der Waals surface area (Å²) < 4.78 is 16.0. The minimum Gasteiger partial charge on any atom is -0.493 e. The van der Waals surface area contributed by atoms with Crippen molar-refractivity contribution in [1.82, 2.24) is 5.32 Å². The van der Waals surface area contributed by atoms with Crippen LogP contribution in [0, 0.1) is 5.92 Å². The minimum absolute atomic E-state index is 0.166. The second-order valence-corrected chi connectivity index (χ2v) is 7.91. The van der Waals surface area contributed by atoms with Gasteiger partial charge in [0.05, 0.1) is 27.0 Å². The van der Waals surface area contributed by atoms with E-state index in [1.54, 1.807) is 33.5 Å². The van der Waals surface area contributed by atoms with Crippen LogP contribution in [0.15, 0.2) is 36.4 Å². The van der Waals surface area contributed by atoms with E-state index in [-0.39, 0.29) is 12.1 Å². The zero-order valence-corrected chi connectivity index (χ0v) is 18.4. The Balaban J connectivity index is 1.59. The van der Waals surface area contributed by atoms with E-state index in [1.165, 1.54) is 5.56 Å². The lowest BCUT2D eigenvalue weighted by Crippen LogP contribution is -2.40. The zero-order chi connectivity index (χ0) is 21.5. The molecule has 3 rings (SSSR count). The number of amides is 2. The number of halogens is 1. The maximum absolute atomic E-state index is 12.6. The van der Waals surface area contributed by atoms with Crippen LogP contribution in [0.5, 0.6) is 17.2 Å². The molecule has 0 spiro atoms. The van der Waals surface area contributed by atoms with Gasteiger partial charge in [-0.05, 0) is 49.3 Å². The summed E-state index contributed by atoms with van der Waals surface area (Å²) in [6.45, 7) is 0. The van der Waals surface area contributed by atoms with Crippen molar-refractivity contribution in [1.29, 1.82) is 0 Å². The van der Waals surface area contributed by atoms with Crippen LogP contribution in [0.1, 0.15) is 31.2 Å². The first-order valence-electron chi connectivity index (χ1n) is 10.2. The molecule has 1 aliphatic carbocycles. The molecule has 2 aromatic carbocycles. The number of hydrogen-bond donors (Lipinski definition) is 2. The van der Waals surface area contributed by atoms with Gasteiger partial charge in [0, 0.05) is 23.2 Å². The number of ether oxygens (including phenoxy) is 3. The molecular weight excluding hydrogens is 404 g/mol. The van der Waals surface area contributed by atoms with E-state index in [2.05, 4.69) is 22.8 Å². The van der Waals surface area contributed by atoms with Crippen LogP contribution in [0.4, 0.5) is 10.5 Å². The number of carbonyl (C=O) groups excluding carboxylic acids is 1. The highest BCUT2D eigenvalue weighted by atomic mass is 35.5. The minimum atomic E-state index is -0.229. The van der Waals surface area contributed by atoms with E-state index in [0.29, 0.717) is 28.9 Å². The van der Waals surface area contributed by atoms with E-state index in [9.17, 15) is 4.79 Å². The summed E-state index contributed by atoms with van der Waals surface area (Å²) in [7, 11) is 4.64. The van der Waals surface area contributed by atoms with Crippen molar-refractivity contribution in [3.63, 3.8) is 0 Å². The monoisotopic (exact) mass is 432 g/mol. The molecule has 0 bridgehead atoms. The lowest BCUT2D eigenvalue weighted by molar-refractivity contribution is 0.244. The van der Waals surface area contributed by atoms with Crippen molar-refractivity contribution in [3.8, 4) is 17.2 Å². The molecular formula is C23H29ClN2O4. The molecule has 0 radical (unpaired) electrons. The van der Waals surface area contributed by atoms with Crippen LogP contribution < -0.4 is 24.8 Å². The highest BCUT2D eigenvalue weighted by Gasteiger charge is 2.28. The van der Waals surface area contributed by atoms with Gasteiger partial charge in [-0.15, -0.1) is 0 Å². The van der Waals surface area contributed by atoms with E-state index >= 15 is 0 Å². The fourth-order valence-corrected chi connectivity index (χ4v) is 4.19. The van der Waals surface area contributed by atoms with Crippen LogP contribution in [0.2, 0.25) is 5.02 Å². The van der Waals surface area contributed by atoms with Crippen molar-refractivity contribution >= 4 is 23.3 Å². The molecule has 0 heterocycles. The van der Waals surface area contributed by atoms with Gasteiger partial charge in [-0.1, -0.05) is 30.2 Å². The van der Waals surface area contributed by atoms with Gasteiger partial charge in [0.25, 0.3) is 0 Å². The predicted octanol–water partition coefficient (Wildman–Crippen LogP) is 5.29. The number of aryl methyl sites for hydroxylation is 1. The molecule has 2 N–H and O–H groups in total. The molecule has 6 nitrogen and oxygen atoms in total. The van der Waals surface area contributed by atoms with Gasteiger partial charge in [-0.3, -0.25) is 0 Å². The second-order valence-electron chi connectivity index (χ2n) is 7.48. The van der Waals surface area contributed by atoms with Gasteiger partial charge in [0.1, 0.15) is 0 Å². The van der Waals surface area contributed by atoms with Crippen LogP contribution >= 0.6 is 11.6 Å². The van der Waals surface area contributed by atoms with Crippen molar-refractivity contribution in [2.24, 2.45) is 5.92 Å². The molecule has 2 atom stereocenters. The predicted molar refractivity (Wildman–Crippen MR) is 119 cm³/mol. The molecule has 30 heavy (non-hydrogen) atoms. The first-order chi connectivity index (χ1) is 14.5. The standard InChI is InChI=1S/C23H29ClN2O4/c1-28-20-13-18(14-21(29-2)22(20)30-3)25-23(27)26-19-6-4-5-16(19)10-7-15-8-11-17(24)12-9-15/h8-9,11-14,16,19H,4-7,10H2,1-3H3,(H2,25,26,27). The molecule has 2 amide bonds. The Kier molecular flexibility index (Phi) is 7.69. The number of benzene rings is 2. The molecule has 1 fully saturated rings. The lowest BCUT2D eigenvalue weighted by atomic mass is 9.95. The first kappa shape index (κ1) is 22.1. The topological polar surface area (TPSA) is 68.8 Å². The number of carbonyl (C=O) groups is 1. The highest BCUT2D eigenvalue weighted by molar-refractivity contribution is 6.30. The molecule has 0 aromatic heterocycles. The first-order valence-corrected chi connectivity index (χ1v) is 10.5. The Morgan fingerprint density at radius 1 is 1.03 bits per heavy atom. The van der Waals surface area contributed by atoms with E-state index in [4.69, 9.17) is 25.8 Å². The summed E-state index contributed by atoms with van der Waals surface area (Å²) in [5, 5.41) is 6.78. The average molecular weight is 433 g/mol. The fraction of sp³-hybridized carbons (Fsp3) is 0.435. The largest absolute Gasteiger partial charge is 0.493 e. The van der Waals surface area contributed by atoms with Gasteiger partial charge in [-0.2, -0.15) is 0 Å². The third-order valence-electron chi connectivity index (χ3n) is 5.62. The third kappa shape index (κ3) is 5.51. The number of hydrogen-bond acceptors (Lipinski definition) is 4. The summed E-state index contributed by atoms with van der Waals surface area (Å²) in [6.07, 6.45) is 5.27. The Morgan fingerprint density at radius 2 is 1.70 bits per heavy atom. The van der Waals surface area contributed by atoms with Gasteiger partial charge in [0.15, 0.2) is 11.5 Å².